The summed E-state index contributed by atoms with van der Waals surface area (Å²) in [5, 5.41) is 8.01. The van der Waals surface area contributed by atoms with Gasteiger partial charge in [-0.05, 0) is 6.92 Å². The van der Waals surface area contributed by atoms with Gasteiger partial charge in [-0.1, -0.05) is 0 Å². The number of carboxylic acid groups (broad SMARTS) is 1. The van der Waals surface area contributed by atoms with E-state index >= 15 is 0 Å². The molecule has 0 aromatic carbocycles. The summed E-state index contributed by atoms with van der Waals surface area (Å²) in [5.74, 6) is -0.993. The number of hydrogen-bond acceptors (Lipinski definition) is 4. The summed E-state index contributed by atoms with van der Waals surface area (Å²) in [5.41, 5.74) is 0. The van der Waals surface area contributed by atoms with Crippen molar-refractivity contribution in [1.29, 1.82) is 0 Å². The van der Waals surface area contributed by atoms with Crippen LogP contribution < -0.4 is 0 Å². The molecule has 0 aromatic heterocycles. The van der Waals surface area contributed by atoms with Crippen molar-refractivity contribution in [2.24, 2.45) is 0 Å². The number of ketones is 1. The van der Waals surface area contributed by atoms with Crippen molar-refractivity contribution in [3.8, 4) is 0 Å². The lowest BCUT2D eigenvalue weighted by atomic mass is 10.2. The average Bonchev–Trinajstić information content (AvgIpc) is 1.79. The Morgan fingerprint density at radius 3 is 1.54 bits per heavy atom. The van der Waals surface area contributed by atoms with E-state index in [-0.39, 0.29) is 18.6 Å². The van der Waals surface area contributed by atoms with Crippen molar-refractivity contribution < 1.29 is 32.2 Å². The van der Waals surface area contributed by atoms with Crippen molar-refractivity contribution in [3.05, 3.63) is 0 Å². The molecule has 0 saturated carbocycles. The van der Waals surface area contributed by atoms with E-state index in [1.165, 1.54) is 6.92 Å². The number of hydrogen-bond donors (Lipinski definition) is 3. The van der Waals surface area contributed by atoms with E-state index < -0.39 is 16.4 Å². The third kappa shape index (κ3) is 55.6. The molecule has 0 aliphatic heterocycles. The Bertz CT molecular complexity index is 243. The predicted octanol–water partition coefficient (Wildman–Crippen LogP) is -0.213. The minimum absolute atomic E-state index is 0.0463. The molecule has 0 aliphatic carbocycles. The quantitative estimate of drug-likeness (QED) is 0.554. The molecule has 0 spiro atoms. The maximum Gasteiger partial charge on any atom is 0.394 e. The minimum atomic E-state index is -4.67. The molecule has 3 N–H and O–H groups in total. The van der Waals surface area contributed by atoms with Gasteiger partial charge in [0, 0.05) is 6.42 Å². The fraction of sp³-hybridized carbons (Fsp3) is 0.600. The first-order valence-corrected chi connectivity index (χ1v) is 4.43. The molecule has 0 radical (unpaired) electrons. The van der Waals surface area contributed by atoms with E-state index in [0.29, 0.717) is 0 Å². The number of rotatable bonds is 3. The van der Waals surface area contributed by atoms with Crippen LogP contribution in [0.3, 0.4) is 0 Å². The summed E-state index contributed by atoms with van der Waals surface area (Å²) < 4.78 is 31.6. The zero-order valence-electron chi connectivity index (χ0n) is 6.80. The third-order valence-electron chi connectivity index (χ3n) is 0.691. The summed E-state index contributed by atoms with van der Waals surface area (Å²) in [6.45, 7) is 1.38. The zero-order chi connectivity index (χ0) is 11.1. The lowest BCUT2D eigenvalue weighted by Gasteiger charge is -1.86. The van der Waals surface area contributed by atoms with E-state index in [2.05, 4.69) is 0 Å². The molecule has 0 heterocycles. The highest BCUT2D eigenvalue weighted by molar-refractivity contribution is 7.79. The topological polar surface area (TPSA) is 129 Å². The number of carbonyl (C=O) groups is 2. The van der Waals surface area contributed by atoms with Gasteiger partial charge in [-0.3, -0.25) is 13.9 Å². The first-order valence-electron chi connectivity index (χ1n) is 3.04. The average molecular weight is 214 g/mol. The van der Waals surface area contributed by atoms with Gasteiger partial charge in [0.15, 0.2) is 0 Å². The van der Waals surface area contributed by atoms with Gasteiger partial charge in [-0.2, -0.15) is 8.42 Å². The molecule has 0 bridgehead atoms. The van der Waals surface area contributed by atoms with Crippen LogP contribution in [0, 0.1) is 0 Å². The fourth-order valence-corrected chi connectivity index (χ4v) is 0.283. The van der Waals surface area contributed by atoms with Crippen molar-refractivity contribution >= 4 is 22.2 Å². The smallest absolute Gasteiger partial charge is 0.394 e. The molecule has 0 saturated heterocycles. The molecule has 0 atom stereocenters. The first kappa shape index (κ1) is 14.5. The summed E-state index contributed by atoms with van der Waals surface area (Å²) in [6, 6.07) is 0. The second kappa shape index (κ2) is 6.52. The zero-order valence-corrected chi connectivity index (χ0v) is 7.61. The number of aliphatic carboxylic acids is 1. The largest absolute Gasteiger partial charge is 0.481 e. The standard InChI is InChI=1S/C5H8O3.H2O4S/c1-4(6)2-3-5(7)8;1-5(2,3)4/h2-3H2,1H3,(H,7,8);(H2,1,2,3,4). The Morgan fingerprint density at radius 1 is 1.15 bits per heavy atom. The lowest BCUT2D eigenvalue weighted by Crippen LogP contribution is -1.98. The number of carboxylic acids is 1. The third-order valence-corrected chi connectivity index (χ3v) is 0.691. The molecule has 8 heteroatoms. The Hall–Kier alpha value is -0.990. The Morgan fingerprint density at radius 2 is 1.46 bits per heavy atom. The van der Waals surface area contributed by atoms with Gasteiger partial charge >= 0.3 is 16.4 Å². The molecular formula is C5H10O7S. The van der Waals surface area contributed by atoms with Crippen molar-refractivity contribution in [1.82, 2.24) is 0 Å². The van der Waals surface area contributed by atoms with Gasteiger partial charge in [0.05, 0.1) is 6.42 Å². The summed E-state index contributed by atoms with van der Waals surface area (Å²) in [6.07, 6.45) is 0.102. The van der Waals surface area contributed by atoms with Crippen LogP contribution in [0.4, 0.5) is 0 Å². The molecule has 0 rings (SSSR count). The minimum Gasteiger partial charge on any atom is -0.481 e. The summed E-state index contributed by atoms with van der Waals surface area (Å²) >= 11 is 0. The van der Waals surface area contributed by atoms with E-state index in [1.807, 2.05) is 0 Å². The van der Waals surface area contributed by atoms with Crippen LogP contribution in [-0.4, -0.2) is 34.4 Å². The SMILES string of the molecule is CC(=O)CCC(=O)O.O=S(=O)(O)O. The molecule has 0 fully saturated rings. The molecule has 78 valence electrons. The summed E-state index contributed by atoms with van der Waals surface area (Å²) in [4.78, 5) is 19.8. The van der Waals surface area contributed by atoms with E-state index in [4.69, 9.17) is 22.6 Å². The molecule has 13 heavy (non-hydrogen) atoms. The second-order valence-corrected chi connectivity index (χ2v) is 2.94. The van der Waals surface area contributed by atoms with Crippen molar-refractivity contribution in [2.75, 3.05) is 0 Å². The van der Waals surface area contributed by atoms with Gasteiger partial charge in [0.1, 0.15) is 5.78 Å². The van der Waals surface area contributed by atoms with Crippen molar-refractivity contribution in [2.45, 2.75) is 19.8 Å². The molecule has 0 aliphatic rings. The van der Waals surface area contributed by atoms with Crippen molar-refractivity contribution in [3.63, 3.8) is 0 Å². The van der Waals surface area contributed by atoms with Gasteiger partial charge < -0.3 is 9.90 Å². The maximum absolute atomic E-state index is 10.1. The van der Waals surface area contributed by atoms with Crippen LogP contribution in [0.2, 0.25) is 0 Å². The summed E-state index contributed by atoms with van der Waals surface area (Å²) in [7, 11) is -4.67. The van der Waals surface area contributed by atoms with Crippen LogP contribution in [0.5, 0.6) is 0 Å². The Kier molecular flexibility index (Phi) is 7.28. The molecule has 0 unspecified atom stereocenters. The van der Waals surface area contributed by atoms with Crippen LogP contribution in [0.15, 0.2) is 0 Å². The Balaban J connectivity index is 0. The highest BCUT2D eigenvalue weighted by atomic mass is 32.3. The lowest BCUT2D eigenvalue weighted by molar-refractivity contribution is -0.138. The van der Waals surface area contributed by atoms with Gasteiger partial charge in [0.2, 0.25) is 0 Å². The number of Topliss-reactive ketones (excluding diaryl/α,β-unsaturated/α-hetero) is 1. The van der Waals surface area contributed by atoms with Crippen LogP contribution in [0.25, 0.3) is 0 Å². The monoisotopic (exact) mass is 214 g/mol. The van der Waals surface area contributed by atoms with Gasteiger partial charge in [-0.15, -0.1) is 0 Å². The molecule has 0 aromatic rings. The predicted molar refractivity (Wildman–Crippen MR) is 41.7 cm³/mol. The van der Waals surface area contributed by atoms with E-state index in [1.54, 1.807) is 0 Å². The fourth-order valence-electron chi connectivity index (χ4n) is 0.283. The van der Waals surface area contributed by atoms with Gasteiger partial charge in [-0.25, -0.2) is 0 Å². The Labute approximate surface area is 75.0 Å². The van der Waals surface area contributed by atoms with Crippen LogP contribution in [0.1, 0.15) is 19.8 Å². The molecular weight excluding hydrogens is 204 g/mol. The first-order chi connectivity index (χ1) is 5.63. The van der Waals surface area contributed by atoms with Gasteiger partial charge in [0.25, 0.3) is 0 Å². The number of carbonyl (C=O) groups excluding carboxylic acids is 1. The highest BCUT2D eigenvalue weighted by Crippen LogP contribution is 1.87. The van der Waals surface area contributed by atoms with Crippen LogP contribution in [-0.2, 0) is 20.0 Å². The highest BCUT2D eigenvalue weighted by Gasteiger charge is 1.97. The molecule has 0 amide bonds. The maximum atomic E-state index is 10.1. The normalized spacial score (nSPS) is 9.77. The molecule has 7 nitrogen and oxygen atoms in total. The second-order valence-electron chi connectivity index (χ2n) is 2.04. The van der Waals surface area contributed by atoms with E-state index in [0.717, 1.165) is 0 Å². The van der Waals surface area contributed by atoms with E-state index in [9.17, 15) is 9.59 Å². The van der Waals surface area contributed by atoms with Crippen LogP contribution >= 0.6 is 0 Å².